The van der Waals surface area contributed by atoms with Crippen LogP contribution < -0.4 is 11.5 Å². The molecule has 5 rings (SSSR count). The molecule has 0 saturated carbocycles. The van der Waals surface area contributed by atoms with Gasteiger partial charge in [0.05, 0.1) is 12.2 Å². The normalized spacial score (nSPS) is 14.9. The number of likely N-dealkylation sites (tertiary alicyclic amines) is 1. The number of fused-ring (bicyclic) bond motifs is 1. The van der Waals surface area contributed by atoms with Crippen LogP contribution in [0.4, 0.5) is 11.6 Å². The third kappa shape index (κ3) is 3.48. The zero-order valence-electron chi connectivity index (χ0n) is 17.2. The van der Waals surface area contributed by atoms with Crippen molar-refractivity contribution in [2.75, 3.05) is 24.6 Å². The lowest BCUT2D eigenvalue weighted by Crippen LogP contribution is -2.37. The summed E-state index contributed by atoms with van der Waals surface area (Å²) in [7, 11) is 0. The lowest BCUT2D eigenvalue weighted by Gasteiger charge is -2.31. The van der Waals surface area contributed by atoms with Crippen LogP contribution in [0.25, 0.3) is 33.4 Å². The number of hydrogen-bond donors (Lipinski definition) is 2. The Kier molecular flexibility index (Phi) is 4.58. The summed E-state index contributed by atoms with van der Waals surface area (Å²) in [6, 6.07) is 5.79. The summed E-state index contributed by atoms with van der Waals surface area (Å²) in [5, 5.41) is 5.46. The van der Waals surface area contributed by atoms with Gasteiger partial charge < -0.3 is 20.8 Å². The molecule has 9 heteroatoms. The highest BCUT2D eigenvalue weighted by atomic mass is 16.3. The van der Waals surface area contributed by atoms with E-state index in [-0.39, 0.29) is 11.9 Å². The van der Waals surface area contributed by atoms with Crippen LogP contribution in [-0.2, 0) is 4.79 Å². The van der Waals surface area contributed by atoms with Crippen LogP contribution in [0.5, 0.6) is 0 Å². The average Bonchev–Trinajstić information content (AvgIpc) is 3.43. The molecule has 158 valence electrons. The number of carbonyl (C=O) groups excluding carboxylic acids is 1. The van der Waals surface area contributed by atoms with Crippen molar-refractivity contribution in [1.29, 1.82) is 0 Å². The monoisotopic (exact) mass is 417 g/mol. The molecule has 0 spiro atoms. The maximum atomic E-state index is 11.6. The molecule has 0 aliphatic carbocycles. The van der Waals surface area contributed by atoms with Crippen molar-refractivity contribution in [1.82, 2.24) is 24.6 Å². The van der Waals surface area contributed by atoms with Crippen molar-refractivity contribution < 1.29 is 9.21 Å². The number of amides is 1. The zero-order chi connectivity index (χ0) is 21.5. The molecular weight excluding hydrogens is 394 g/mol. The van der Waals surface area contributed by atoms with Crippen LogP contribution in [0.2, 0.25) is 0 Å². The van der Waals surface area contributed by atoms with Gasteiger partial charge in [0.15, 0.2) is 11.4 Å². The van der Waals surface area contributed by atoms with Gasteiger partial charge in [-0.1, -0.05) is 0 Å². The van der Waals surface area contributed by atoms with Crippen molar-refractivity contribution >= 4 is 28.5 Å². The van der Waals surface area contributed by atoms with Gasteiger partial charge in [-0.3, -0.25) is 9.48 Å². The summed E-state index contributed by atoms with van der Waals surface area (Å²) in [6.45, 7) is 3.12. The molecule has 31 heavy (non-hydrogen) atoms. The highest BCUT2D eigenvalue weighted by Crippen LogP contribution is 2.37. The number of rotatable bonds is 3. The second kappa shape index (κ2) is 7.42. The van der Waals surface area contributed by atoms with E-state index in [0.29, 0.717) is 23.0 Å². The van der Waals surface area contributed by atoms with Gasteiger partial charge in [0.2, 0.25) is 5.91 Å². The van der Waals surface area contributed by atoms with Crippen LogP contribution in [0.3, 0.4) is 0 Å². The molecule has 1 amide bonds. The summed E-state index contributed by atoms with van der Waals surface area (Å²) in [5.41, 5.74) is 15.0. The molecule has 0 unspecified atom stereocenters. The Labute approximate surface area is 178 Å². The molecule has 4 aromatic heterocycles. The number of piperidine rings is 1. The molecule has 1 aliphatic rings. The minimum absolute atomic E-state index is 0.127. The summed E-state index contributed by atoms with van der Waals surface area (Å²) >= 11 is 0. The third-order valence-electron chi connectivity index (χ3n) is 5.85. The third-order valence-corrected chi connectivity index (χ3v) is 5.85. The summed E-state index contributed by atoms with van der Waals surface area (Å²) in [4.78, 5) is 21.9. The van der Waals surface area contributed by atoms with E-state index < -0.39 is 0 Å². The Hall–Kier alpha value is -3.88. The van der Waals surface area contributed by atoms with E-state index in [9.17, 15) is 4.79 Å². The fraction of sp³-hybridized carbons (Fsp3) is 0.273. The van der Waals surface area contributed by atoms with Gasteiger partial charge >= 0.3 is 0 Å². The molecule has 0 bridgehead atoms. The largest absolute Gasteiger partial charge is 0.452 e. The lowest BCUT2D eigenvalue weighted by atomic mass is 10.0. The molecule has 0 aromatic carbocycles. The summed E-state index contributed by atoms with van der Waals surface area (Å²) < 4.78 is 8.00. The highest BCUT2D eigenvalue weighted by Gasteiger charge is 2.23. The number of carbonyl (C=O) groups is 1. The Morgan fingerprint density at radius 1 is 1.10 bits per heavy atom. The highest BCUT2D eigenvalue weighted by molar-refractivity contribution is 6.00. The van der Waals surface area contributed by atoms with Crippen LogP contribution in [-0.4, -0.2) is 43.6 Å². The first-order valence-electron chi connectivity index (χ1n) is 10.2. The maximum Gasteiger partial charge on any atom is 0.219 e. The number of nitrogens with two attached hydrogens (primary N) is 2. The molecular formula is C22H23N7O2. The predicted octanol–water partition coefficient (Wildman–Crippen LogP) is 3.10. The van der Waals surface area contributed by atoms with Crippen LogP contribution in [0, 0.1) is 0 Å². The molecule has 1 saturated heterocycles. The Balaban J connectivity index is 1.48. The van der Waals surface area contributed by atoms with E-state index in [1.165, 1.54) is 0 Å². The fourth-order valence-corrected chi connectivity index (χ4v) is 4.09. The Morgan fingerprint density at radius 2 is 1.90 bits per heavy atom. The number of nitrogen functional groups attached to an aromatic ring is 2. The van der Waals surface area contributed by atoms with E-state index >= 15 is 0 Å². The molecule has 1 aliphatic heterocycles. The SMILES string of the molecule is CC(=O)N1CCC(n2cc(-c3cnc(N)c4oc(-c5ccc(N)nc5)cc34)cn2)CC1. The van der Waals surface area contributed by atoms with Crippen molar-refractivity contribution in [2.45, 2.75) is 25.8 Å². The molecule has 0 atom stereocenters. The standard InChI is InChI=1S/C22H23N7O2/c1-13(30)28-6-4-16(5-7-28)29-12-15(10-27-29)18-11-26-22(24)21-17(18)8-19(31-21)14-2-3-20(23)25-9-14/h2-3,8-12,16H,4-7H2,1H3,(H2,23,25)(H2,24,26). The minimum Gasteiger partial charge on any atom is -0.452 e. The van der Waals surface area contributed by atoms with Gasteiger partial charge in [-0.05, 0) is 31.0 Å². The van der Waals surface area contributed by atoms with Gasteiger partial charge in [0, 0.05) is 60.7 Å². The average molecular weight is 417 g/mol. The van der Waals surface area contributed by atoms with E-state index in [1.54, 1.807) is 25.4 Å². The van der Waals surface area contributed by atoms with Crippen LogP contribution in [0.15, 0.2) is 47.4 Å². The van der Waals surface area contributed by atoms with Gasteiger partial charge in [0.1, 0.15) is 11.6 Å². The molecule has 0 radical (unpaired) electrons. The first kappa shape index (κ1) is 19.1. The van der Waals surface area contributed by atoms with Crippen LogP contribution >= 0.6 is 0 Å². The second-order valence-electron chi connectivity index (χ2n) is 7.83. The number of anilines is 2. The smallest absolute Gasteiger partial charge is 0.219 e. The van der Waals surface area contributed by atoms with Crippen molar-refractivity contribution in [2.24, 2.45) is 0 Å². The van der Waals surface area contributed by atoms with E-state index in [2.05, 4.69) is 15.1 Å². The van der Waals surface area contributed by atoms with E-state index in [1.807, 2.05) is 34.1 Å². The quantitative estimate of drug-likeness (QED) is 0.524. The molecule has 4 aromatic rings. The zero-order valence-corrected chi connectivity index (χ0v) is 17.2. The van der Waals surface area contributed by atoms with E-state index in [0.717, 1.165) is 48.0 Å². The number of aromatic nitrogens is 4. The van der Waals surface area contributed by atoms with Gasteiger partial charge in [-0.15, -0.1) is 0 Å². The Morgan fingerprint density at radius 3 is 2.61 bits per heavy atom. The first-order valence-corrected chi connectivity index (χ1v) is 10.2. The molecule has 5 heterocycles. The minimum atomic E-state index is 0.127. The van der Waals surface area contributed by atoms with Gasteiger partial charge in [-0.2, -0.15) is 5.10 Å². The number of hydrogen-bond acceptors (Lipinski definition) is 7. The van der Waals surface area contributed by atoms with Gasteiger partial charge in [0.25, 0.3) is 0 Å². The maximum absolute atomic E-state index is 11.6. The van der Waals surface area contributed by atoms with E-state index in [4.69, 9.17) is 15.9 Å². The lowest BCUT2D eigenvalue weighted by molar-refractivity contribution is -0.130. The van der Waals surface area contributed by atoms with Crippen molar-refractivity contribution in [3.63, 3.8) is 0 Å². The first-order chi connectivity index (χ1) is 15.0. The predicted molar refractivity (Wildman–Crippen MR) is 118 cm³/mol. The number of nitrogens with zero attached hydrogens (tertiary/aromatic N) is 5. The van der Waals surface area contributed by atoms with Crippen molar-refractivity contribution in [3.8, 4) is 22.5 Å². The second-order valence-corrected chi connectivity index (χ2v) is 7.83. The van der Waals surface area contributed by atoms with Crippen molar-refractivity contribution in [3.05, 3.63) is 43.0 Å². The molecule has 9 nitrogen and oxygen atoms in total. The number of furan rings is 1. The Bertz CT molecular complexity index is 1250. The summed E-state index contributed by atoms with van der Waals surface area (Å²) in [5.74, 6) is 1.55. The molecule has 1 fully saturated rings. The topological polar surface area (TPSA) is 129 Å². The fourth-order valence-electron chi connectivity index (χ4n) is 4.09. The summed E-state index contributed by atoms with van der Waals surface area (Å²) in [6.07, 6.45) is 9.05. The number of pyridine rings is 2. The van der Waals surface area contributed by atoms with Gasteiger partial charge in [-0.25, -0.2) is 9.97 Å². The molecule has 4 N–H and O–H groups in total. The van der Waals surface area contributed by atoms with Crippen LogP contribution in [0.1, 0.15) is 25.8 Å².